The normalized spacial score (nSPS) is 12.8. The molecule has 0 bridgehead atoms. The van der Waals surface area contributed by atoms with Gasteiger partial charge < -0.3 is 4.57 Å². The van der Waals surface area contributed by atoms with Crippen LogP contribution >= 0.6 is 17.7 Å². The minimum absolute atomic E-state index is 0.0704. The van der Waals surface area contributed by atoms with E-state index in [0.29, 0.717) is 0 Å². The van der Waals surface area contributed by atoms with E-state index in [1.54, 1.807) is 0 Å². The molecule has 3 rings (SSSR count). The predicted molar refractivity (Wildman–Crippen MR) is 134 cm³/mol. The van der Waals surface area contributed by atoms with Crippen LogP contribution in [0.3, 0.4) is 0 Å². The van der Waals surface area contributed by atoms with Crippen LogP contribution in [-0.4, -0.2) is 0 Å². The van der Waals surface area contributed by atoms with E-state index >= 15 is 0 Å². The highest BCUT2D eigenvalue weighted by Crippen LogP contribution is 2.59. The van der Waals surface area contributed by atoms with Gasteiger partial charge in [-0.15, -0.1) is 0 Å². The quantitative estimate of drug-likeness (QED) is 0.391. The molecule has 3 aromatic rings. The standard InChI is InChI=1S/C27H33OPS/c1-20-8-18-25(19-9-20)30-29(28,23-14-10-21(11-15-23)26(2,3)4)24-16-12-22(13-17-24)27(5,6)7/h8-19H,1-7H3. The van der Waals surface area contributed by atoms with Gasteiger partial charge in [0.25, 0.3) is 0 Å². The molecule has 0 N–H and O–H groups in total. The van der Waals surface area contributed by atoms with Crippen molar-refractivity contribution in [1.29, 1.82) is 0 Å². The van der Waals surface area contributed by atoms with Gasteiger partial charge in [-0.05, 0) is 41.0 Å². The second kappa shape index (κ2) is 8.40. The van der Waals surface area contributed by atoms with Gasteiger partial charge in [0.1, 0.15) is 0 Å². The fourth-order valence-electron chi connectivity index (χ4n) is 3.32. The van der Waals surface area contributed by atoms with Gasteiger partial charge in [-0.2, -0.15) is 0 Å². The summed E-state index contributed by atoms with van der Waals surface area (Å²) in [7, 11) is 0. The van der Waals surface area contributed by atoms with E-state index in [4.69, 9.17) is 0 Å². The lowest BCUT2D eigenvalue weighted by Gasteiger charge is -2.24. The lowest BCUT2D eigenvalue weighted by atomic mass is 9.87. The molecular weight excluding hydrogens is 403 g/mol. The lowest BCUT2D eigenvalue weighted by molar-refractivity contribution is 0.589. The van der Waals surface area contributed by atoms with Crippen LogP contribution in [0.25, 0.3) is 0 Å². The molecule has 3 heteroatoms. The summed E-state index contributed by atoms with van der Waals surface area (Å²) in [6, 6.07) is 25.0. The molecule has 0 aromatic heterocycles. The first-order valence-electron chi connectivity index (χ1n) is 10.5. The summed E-state index contributed by atoms with van der Waals surface area (Å²) in [6.45, 7) is 15.3. The van der Waals surface area contributed by atoms with E-state index in [0.717, 1.165) is 15.5 Å². The van der Waals surface area contributed by atoms with Crippen LogP contribution < -0.4 is 10.6 Å². The molecule has 1 nitrogen and oxygen atoms in total. The minimum Gasteiger partial charge on any atom is -0.302 e. The summed E-state index contributed by atoms with van der Waals surface area (Å²) < 4.78 is 14.6. The summed E-state index contributed by atoms with van der Waals surface area (Å²) in [4.78, 5) is 1.03. The molecule has 0 aliphatic rings. The molecule has 0 heterocycles. The molecule has 0 saturated heterocycles. The van der Waals surface area contributed by atoms with Gasteiger partial charge in [-0.3, -0.25) is 0 Å². The van der Waals surface area contributed by atoms with E-state index < -0.39 is 6.34 Å². The maximum atomic E-state index is 14.6. The summed E-state index contributed by atoms with van der Waals surface area (Å²) in [5.74, 6) is 0. The molecule has 0 aliphatic carbocycles. The molecule has 0 saturated carbocycles. The zero-order valence-corrected chi connectivity index (χ0v) is 20.9. The van der Waals surface area contributed by atoms with E-state index in [1.807, 2.05) is 0 Å². The topological polar surface area (TPSA) is 17.1 Å². The van der Waals surface area contributed by atoms with E-state index in [-0.39, 0.29) is 10.8 Å². The first-order valence-corrected chi connectivity index (χ1v) is 13.6. The largest absolute Gasteiger partial charge is 0.302 e. The molecule has 158 valence electrons. The Balaban J connectivity index is 2.08. The summed E-state index contributed by atoms with van der Waals surface area (Å²) >= 11 is 1.49. The Morgan fingerprint density at radius 3 is 1.30 bits per heavy atom. The number of benzene rings is 3. The van der Waals surface area contributed by atoms with Gasteiger partial charge in [0.2, 0.25) is 0 Å². The third kappa shape index (κ3) is 5.10. The summed E-state index contributed by atoms with van der Waals surface area (Å²) in [6.07, 6.45) is -2.89. The number of hydrogen-bond donors (Lipinski definition) is 0. The monoisotopic (exact) mass is 436 g/mol. The van der Waals surface area contributed by atoms with Crippen LogP contribution in [0.1, 0.15) is 58.2 Å². The van der Waals surface area contributed by atoms with Crippen molar-refractivity contribution in [3.63, 3.8) is 0 Å². The molecule has 0 aliphatic heterocycles. The highest BCUT2D eigenvalue weighted by atomic mass is 32.7. The molecule has 0 atom stereocenters. The third-order valence-electron chi connectivity index (χ3n) is 5.40. The minimum atomic E-state index is -2.89. The Morgan fingerprint density at radius 2 is 0.967 bits per heavy atom. The van der Waals surface area contributed by atoms with Crippen LogP contribution in [0.4, 0.5) is 0 Å². The van der Waals surface area contributed by atoms with E-state index in [1.165, 1.54) is 28.1 Å². The van der Waals surface area contributed by atoms with Crippen molar-refractivity contribution >= 4 is 28.3 Å². The van der Waals surface area contributed by atoms with Crippen LogP contribution in [-0.2, 0) is 15.4 Å². The van der Waals surface area contributed by atoms with Gasteiger partial charge in [0, 0.05) is 15.5 Å². The van der Waals surface area contributed by atoms with E-state index in [9.17, 15) is 4.57 Å². The first-order chi connectivity index (χ1) is 13.9. The van der Waals surface area contributed by atoms with Crippen LogP contribution in [0.15, 0.2) is 77.7 Å². The maximum absolute atomic E-state index is 14.6. The highest BCUT2D eigenvalue weighted by Gasteiger charge is 2.30. The zero-order chi connectivity index (χ0) is 22.2. The van der Waals surface area contributed by atoms with Crippen molar-refractivity contribution in [2.75, 3.05) is 0 Å². The van der Waals surface area contributed by atoms with Crippen LogP contribution in [0.2, 0.25) is 0 Å². The average Bonchev–Trinajstić information content (AvgIpc) is 2.68. The number of aryl methyl sites for hydroxylation is 1. The Labute approximate surface area is 186 Å². The Bertz CT molecular complexity index is 973. The smallest absolute Gasteiger partial charge is 0.199 e. The first kappa shape index (κ1) is 22.9. The fraction of sp³-hybridized carbons (Fsp3) is 0.333. The molecule has 0 amide bonds. The van der Waals surface area contributed by atoms with Crippen molar-refractivity contribution in [2.45, 2.75) is 64.2 Å². The van der Waals surface area contributed by atoms with Crippen molar-refractivity contribution in [2.24, 2.45) is 0 Å². The number of hydrogen-bond acceptors (Lipinski definition) is 2. The van der Waals surface area contributed by atoms with Crippen molar-refractivity contribution in [1.82, 2.24) is 0 Å². The predicted octanol–water partition coefficient (Wildman–Crippen LogP) is 7.61. The summed E-state index contributed by atoms with van der Waals surface area (Å²) in [5, 5.41) is 1.79. The lowest BCUT2D eigenvalue weighted by Crippen LogP contribution is -2.18. The van der Waals surface area contributed by atoms with E-state index in [2.05, 4.69) is 121 Å². The Kier molecular flexibility index (Phi) is 6.42. The highest BCUT2D eigenvalue weighted by molar-refractivity contribution is 8.62. The van der Waals surface area contributed by atoms with Gasteiger partial charge in [0.15, 0.2) is 6.34 Å². The molecule has 0 spiro atoms. The average molecular weight is 437 g/mol. The SMILES string of the molecule is Cc1ccc(SP(=O)(c2ccc(C(C)(C)C)cc2)c2ccc(C(C)(C)C)cc2)cc1. The van der Waals surface area contributed by atoms with Crippen molar-refractivity contribution in [3.8, 4) is 0 Å². The van der Waals surface area contributed by atoms with Crippen molar-refractivity contribution in [3.05, 3.63) is 89.5 Å². The molecule has 0 fully saturated rings. The molecule has 0 radical (unpaired) electrons. The number of rotatable bonds is 4. The van der Waals surface area contributed by atoms with Gasteiger partial charge in [-0.25, -0.2) is 0 Å². The molecule has 30 heavy (non-hydrogen) atoms. The molecule has 3 aromatic carbocycles. The zero-order valence-electron chi connectivity index (χ0n) is 19.2. The van der Waals surface area contributed by atoms with Crippen LogP contribution in [0.5, 0.6) is 0 Å². The van der Waals surface area contributed by atoms with Crippen LogP contribution in [0, 0.1) is 6.92 Å². The second-order valence-electron chi connectivity index (χ2n) is 10.0. The van der Waals surface area contributed by atoms with Gasteiger partial charge in [0.05, 0.1) is 0 Å². The third-order valence-corrected chi connectivity index (χ3v) is 10.8. The van der Waals surface area contributed by atoms with Crippen molar-refractivity contribution < 1.29 is 4.57 Å². The molecule has 0 unspecified atom stereocenters. The fourth-order valence-corrected chi connectivity index (χ4v) is 8.08. The van der Waals surface area contributed by atoms with Gasteiger partial charge in [-0.1, -0.05) is 119 Å². The maximum Gasteiger partial charge on any atom is 0.199 e. The second-order valence-corrected chi connectivity index (χ2v) is 14.9. The van der Waals surface area contributed by atoms with Gasteiger partial charge >= 0.3 is 0 Å². The molecular formula is C27H33OPS. The Morgan fingerprint density at radius 1 is 0.600 bits per heavy atom. The Hall–Kier alpha value is -1.76. The summed E-state index contributed by atoms with van der Waals surface area (Å²) in [5.41, 5.74) is 3.85.